The predicted molar refractivity (Wildman–Crippen MR) is 100 cm³/mol. The third-order valence-electron chi connectivity index (χ3n) is 4.44. The van der Waals surface area contributed by atoms with E-state index in [4.69, 9.17) is 0 Å². The van der Waals surface area contributed by atoms with Crippen LogP contribution in [0.3, 0.4) is 0 Å². The van der Waals surface area contributed by atoms with E-state index in [9.17, 15) is 0 Å². The van der Waals surface area contributed by atoms with Crippen LogP contribution in [0.15, 0.2) is 24.3 Å². The normalized spacial score (nSPS) is 14.1. The highest BCUT2D eigenvalue weighted by Gasteiger charge is 2.11. The van der Waals surface area contributed by atoms with Crippen molar-refractivity contribution < 1.29 is 0 Å². The predicted octanol–water partition coefficient (Wildman–Crippen LogP) is 5.16. The maximum atomic E-state index is 3.57. The van der Waals surface area contributed by atoms with Gasteiger partial charge in [-0.1, -0.05) is 51.2 Å². The van der Waals surface area contributed by atoms with Crippen molar-refractivity contribution in [2.24, 2.45) is 0 Å². The summed E-state index contributed by atoms with van der Waals surface area (Å²) in [5, 5.41) is 3.57. The van der Waals surface area contributed by atoms with E-state index in [0.29, 0.717) is 0 Å². The van der Waals surface area contributed by atoms with Crippen LogP contribution in [-0.4, -0.2) is 19.6 Å². The lowest BCUT2D eigenvalue weighted by molar-refractivity contribution is 0.572. The fourth-order valence-corrected chi connectivity index (χ4v) is 3.06. The standard InChI is InChI=1S/C19H32N2.ClH/c1-2-3-4-5-6-7-14-20-17-18-10-12-19(13-11-18)21-15-8-9-16-21;/h10-13,20H,2-9,14-17H2,1H3;1H. The van der Waals surface area contributed by atoms with Crippen LogP contribution in [-0.2, 0) is 6.54 Å². The third kappa shape index (κ3) is 7.02. The van der Waals surface area contributed by atoms with Crippen LogP contribution in [0.4, 0.5) is 5.69 Å². The Kier molecular flexibility index (Phi) is 10.3. The molecule has 1 heterocycles. The summed E-state index contributed by atoms with van der Waals surface area (Å²) >= 11 is 0. The minimum absolute atomic E-state index is 0. The van der Waals surface area contributed by atoms with E-state index in [1.165, 1.54) is 75.7 Å². The maximum absolute atomic E-state index is 3.57. The van der Waals surface area contributed by atoms with Gasteiger partial charge in [-0.3, -0.25) is 0 Å². The number of benzene rings is 1. The summed E-state index contributed by atoms with van der Waals surface area (Å²) in [5.74, 6) is 0. The number of halogens is 1. The quantitative estimate of drug-likeness (QED) is 0.598. The van der Waals surface area contributed by atoms with Crippen LogP contribution in [0, 0.1) is 0 Å². The monoisotopic (exact) mass is 324 g/mol. The lowest BCUT2D eigenvalue weighted by atomic mass is 10.1. The number of unbranched alkanes of at least 4 members (excludes halogenated alkanes) is 5. The first-order valence-electron chi connectivity index (χ1n) is 8.95. The fraction of sp³-hybridized carbons (Fsp3) is 0.684. The van der Waals surface area contributed by atoms with Crippen molar-refractivity contribution in [1.29, 1.82) is 0 Å². The first-order valence-corrected chi connectivity index (χ1v) is 8.95. The molecule has 2 nitrogen and oxygen atoms in total. The smallest absolute Gasteiger partial charge is 0.0366 e. The highest BCUT2D eigenvalue weighted by Crippen LogP contribution is 2.20. The first-order chi connectivity index (χ1) is 10.4. The highest BCUT2D eigenvalue weighted by atomic mass is 35.5. The maximum Gasteiger partial charge on any atom is 0.0366 e. The second kappa shape index (κ2) is 11.8. The number of anilines is 1. The minimum atomic E-state index is 0. The van der Waals surface area contributed by atoms with Gasteiger partial charge in [0, 0.05) is 25.3 Å². The summed E-state index contributed by atoms with van der Waals surface area (Å²) in [5.41, 5.74) is 2.80. The van der Waals surface area contributed by atoms with Gasteiger partial charge in [-0.2, -0.15) is 0 Å². The number of hydrogen-bond donors (Lipinski definition) is 1. The molecule has 3 heteroatoms. The molecule has 22 heavy (non-hydrogen) atoms. The number of rotatable bonds is 10. The molecule has 0 spiro atoms. The Morgan fingerprint density at radius 1 is 0.909 bits per heavy atom. The van der Waals surface area contributed by atoms with Crippen molar-refractivity contribution in [1.82, 2.24) is 5.32 Å². The van der Waals surface area contributed by atoms with E-state index in [2.05, 4.69) is 41.4 Å². The van der Waals surface area contributed by atoms with Crippen LogP contribution in [0.2, 0.25) is 0 Å². The second-order valence-corrected chi connectivity index (χ2v) is 6.31. The summed E-state index contributed by atoms with van der Waals surface area (Å²) in [6.07, 6.45) is 10.9. The summed E-state index contributed by atoms with van der Waals surface area (Å²) in [4.78, 5) is 2.49. The molecular weight excluding hydrogens is 292 g/mol. The zero-order chi connectivity index (χ0) is 14.8. The zero-order valence-corrected chi connectivity index (χ0v) is 15.0. The SMILES string of the molecule is CCCCCCCCNCc1ccc(N2CCCC2)cc1.Cl. The molecule has 2 rings (SSSR count). The molecule has 1 aliphatic heterocycles. The average Bonchev–Trinajstić information content (AvgIpc) is 3.05. The summed E-state index contributed by atoms with van der Waals surface area (Å²) < 4.78 is 0. The molecule has 0 unspecified atom stereocenters. The molecule has 0 amide bonds. The molecule has 126 valence electrons. The van der Waals surface area contributed by atoms with Crippen molar-refractivity contribution in [3.8, 4) is 0 Å². The van der Waals surface area contributed by atoms with Gasteiger partial charge in [-0.25, -0.2) is 0 Å². The molecule has 0 saturated carbocycles. The number of hydrogen-bond acceptors (Lipinski definition) is 2. The molecule has 1 fully saturated rings. The zero-order valence-electron chi connectivity index (χ0n) is 14.2. The molecule has 0 aromatic heterocycles. The van der Waals surface area contributed by atoms with E-state index in [1.54, 1.807) is 0 Å². The first kappa shape index (κ1) is 19.3. The third-order valence-corrected chi connectivity index (χ3v) is 4.44. The Labute approximate surface area is 143 Å². The van der Waals surface area contributed by atoms with Crippen LogP contribution >= 0.6 is 12.4 Å². The van der Waals surface area contributed by atoms with Crippen molar-refractivity contribution in [2.75, 3.05) is 24.5 Å². The molecule has 1 saturated heterocycles. The van der Waals surface area contributed by atoms with Crippen molar-refractivity contribution in [2.45, 2.75) is 64.8 Å². The van der Waals surface area contributed by atoms with Gasteiger partial charge in [0.2, 0.25) is 0 Å². The van der Waals surface area contributed by atoms with Gasteiger partial charge in [0.25, 0.3) is 0 Å². The van der Waals surface area contributed by atoms with Crippen LogP contribution in [0.1, 0.15) is 63.9 Å². The second-order valence-electron chi connectivity index (χ2n) is 6.31. The summed E-state index contributed by atoms with van der Waals surface area (Å²) in [6.45, 7) is 6.90. The molecule has 0 aliphatic carbocycles. The van der Waals surface area contributed by atoms with E-state index < -0.39 is 0 Å². The van der Waals surface area contributed by atoms with Gasteiger partial charge in [-0.05, 0) is 43.5 Å². The van der Waals surface area contributed by atoms with E-state index in [0.717, 1.165) is 13.1 Å². The van der Waals surface area contributed by atoms with Crippen LogP contribution < -0.4 is 10.2 Å². The fourth-order valence-electron chi connectivity index (χ4n) is 3.06. The Balaban J connectivity index is 0.00000242. The molecule has 1 N–H and O–H groups in total. The minimum Gasteiger partial charge on any atom is -0.372 e. The molecule has 1 aromatic carbocycles. The Morgan fingerprint density at radius 3 is 2.23 bits per heavy atom. The van der Waals surface area contributed by atoms with Gasteiger partial charge in [0.05, 0.1) is 0 Å². The average molecular weight is 325 g/mol. The van der Waals surface area contributed by atoms with Crippen LogP contribution in [0.5, 0.6) is 0 Å². The van der Waals surface area contributed by atoms with Gasteiger partial charge in [0.1, 0.15) is 0 Å². The highest BCUT2D eigenvalue weighted by molar-refractivity contribution is 5.85. The van der Waals surface area contributed by atoms with Crippen molar-refractivity contribution >= 4 is 18.1 Å². The topological polar surface area (TPSA) is 15.3 Å². The van der Waals surface area contributed by atoms with E-state index >= 15 is 0 Å². The van der Waals surface area contributed by atoms with E-state index in [-0.39, 0.29) is 12.4 Å². The van der Waals surface area contributed by atoms with E-state index in [1.807, 2.05) is 0 Å². The van der Waals surface area contributed by atoms with Gasteiger partial charge in [0.15, 0.2) is 0 Å². The molecular formula is C19H33ClN2. The van der Waals surface area contributed by atoms with Gasteiger partial charge >= 0.3 is 0 Å². The lowest BCUT2D eigenvalue weighted by Gasteiger charge is -2.17. The Bertz CT molecular complexity index is 372. The molecule has 1 aliphatic rings. The van der Waals surface area contributed by atoms with Crippen molar-refractivity contribution in [3.05, 3.63) is 29.8 Å². The summed E-state index contributed by atoms with van der Waals surface area (Å²) in [6, 6.07) is 9.13. The molecule has 0 bridgehead atoms. The Hall–Kier alpha value is -0.730. The summed E-state index contributed by atoms with van der Waals surface area (Å²) in [7, 11) is 0. The van der Waals surface area contributed by atoms with Gasteiger partial charge < -0.3 is 10.2 Å². The molecule has 0 radical (unpaired) electrons. The lowest BCUT2D eigenvalue weighted by Crippen LogP contribution is -2.18. The van der Waals surface area contributed by atoms with Crippen molar-refractivity contribution in [3.63, 3.8) is 0 Å². The van der Waals surface area contributed by atoms with Crippen LogP contribution in [0.25, 0.3) is 0 Å². The largest absolute Gasteiger partial charge is 0.372 e. The number of nitrogens with zero attached hydrogens (tertiary/aromatic N) is 1. The Morgan fingerprint density at radius 2 is 1.55 bits per heavy atom. The number of nitrogens with one attached hydrogen (secondary N) is 1. The van der Waals surface area contributed by atoms with Gasteiger partial charge in [-0.15, -0.1) is 12.4 Å². The molecule has 1 aromatic rings. The molecule has 0 atom stereocenters.